The molecule has 0 bridgehead atoms. The summed E-state index contributed by atoms with van der Waals surface area (Å²) in [7, 11) is -4.28. The molecule has 1 heterocycles. The average molecular weight is 505 g/mol. The molecule has 0 fully saturated rings. The van der Waals surface area contributed by atoms with Gasteiger partial charge in [-0.25, -0.2) is 22.2 Å². The van der Waals surface area contributed by atoms with Crippen molar-refractivity contribution in [1.29, 1.82) is 0 Å². The number of sulfonamides is 1. The van der Waals surface area contributed by atoms with Gasteiger partial charge in [-0.05, 0) is 66.7 Å². The summed E-state index contributed by atoms with van der Waals surface area (Å²) < 4.78 is 54.4. The SMILES string of the molecule is O=C(Nc1ccc(-c2nc3ccccc3[nH]2)cc1)c1ccccc1NS(=O)(=O)c1ccc(F)c(F)c1. The zero-order valence-corrected chi connectivity index (χ0v) is 19.3. The second-order valence-corrected chi connectivity index (χ2v) is 9.54. The number of aromatic amines is 1. The Morgan fingerprint density at radius 2 is 1.56 bits per heavy atom. The summed E-state index contributed by atoms with van der Waals surface area (Å²) in [5.41, 5.74) is 3.09. The number of hydrogen-bond acceptors (Lipinski definition) is 4. The van der Waals surface area contributed by atoms with E-state index in [1.165, 1.54) is 12.1 Å². The molecule has 0 aliphatic carbocycles. The van der Waals surface area contributed by atoms with Crippen molar-refractivity contribution < 1.29 is 22.0 Å². The number of carbonyl (C=O) groups excluding carboxylic acids is 1. The lowest BCUT2D eigenvalue weighted by Gasteiger charge is -2.13. The van der Waals surface area contributed by atoms with Gasteiger partial charge in [0.15, 0.2) is 11.6 Å². The summed E-state index contributed by atoms with van der Waals surface area (Å²) in [5.74, 6) is -2.34. The maximum atomic E-state index is 13.6. The number of fused-ring (bicyclic) bond motifs is 1. The minimum atomic E-state index is -4.28. The fourth-order valence-electron chi connectivity index (χ4n) is 3.62. The van der Waals surface area contributed by atoms with Crippen LogP contribution in [0, 0.1) is 11.6 Å². The number of aromatic nitrogens is 2. The smallest absolute Gasteiger partial charge is 0.262 e. The monoisotopic (exact) mass is 504 g/mol. The standard InChI is InChI=1S/C26H18F2N4O3S/c27-20-14-13-18(15-21(20)28)36(34,35)32-22-6-2-1-5-19(22)26(33)29-17-11-9-16(10-12-17)25-30-23-7-3-4-8-24(23)31-25/h1-15,32H,(H,29,33)(H,30,31). The molecule has 0 saturated carbocycles. The molecule has 10 heteroatoms. The van der Waals surface area contributed by atoms with Crippen LogP contribution in [0.1, 0.15) is 10.4 Å². The highest BCUT2D eigenvalue weighted by Gasteiger charge is 2.20. The molecule has 0 aliphatic rings. The first-order chi connectivity index (χ1) is 17.3. The molecular formula is C26H18F2N4O3S. The van der Waals surface area contributed by atoms with E-state index in [1.54, 1.807) is 36.4 Å². The van der Waals surface area contributed by atoms with Crippen molar-refractivity contribution in [2.24, 2.45) is 0 Å². The number of halogens is 2. The highest BCUT2D eigenvalue weighted by Crippen LogP contribution is 2.25. The second-order valence-electron chi connectivity index (χ2n) is 7.86. The quantitative estimate of drug-likeness (QED) is 0.282. The van der Waals surface area contributed by atoms with Gasteiger partial charge in [0.1, 0.15) is 5.82 Å². The topological polar surface area (TPSA) is 104 Å². The maximum Gasteiger partial charge on any atom is 0.262 e. The van der Waals surface area contributed by atoms with Gasteiger partial charge in [0.2, 0.25) is 0 Å². The van der Waals surface area contributed by atoms with Gasteiger partial charge < -0.3 is 10.3 Å². The molecule has 0 atom stereocenters. The Morgan fingerprint density at radius 3 is 2.31 bits per heavy atom. The number of anilines is 2. The number of H-pyrrole nitrogens is 1. The normalized spacial score (nSPS) is 11.4. The Hall–Kier alpha value is -4.57. The van der Waals surface area contributed by atoms with Gasteiger partial charge in [-0.1, -0.05) is 24.3 Å². The van der Waals surface area contributed by atoms with Crippen molar-refractivity contribution >= 4 is 38.3 Å². The minimum Gasteiger partial charge on any atom is -0.338 e. The highest BCUT2D eigenvalue weighted by atomic mass is 32.2. The predicted molar refractivity (Wildman–Crippen MR) is 133 cm³/mol. The number of amides is 1. The molecule has 0 aliphatic heterocycles. The van der Waals surface area contributed by atoms with Crippen molar-refractivity contribution in [1.82, 2.24) is 9.97 Å². The van der Waals surface area contributed by atoms with Crippen molar-refractivity contribution in [2.45, 2.75) is 4.90 Å². The Labute approximate surface area is 204 Å². The molecule has 7 nitrogen and oxygen atoms in total. The number of nitrogens with zero attached hydrogens (tertiary/aromatic N) is 1. The van der Waals surface area contributed by atoms with Crippen molar-refractivity contribution in [3.05, 3.63) is 108 Å². The lowest BCUT2D eigenvalue weighted by atomic mass is 10.1. The molecule has 180 valence electrons. The number of carbonyl (C=O) groups is 1. The van der Waals surface area contributed by atoms with Crippen LogP contribution < -0.4 is 10.0 Å². The summed E-state index contributed by atoms with van der Waals surface area (Å²) in [5, 5.41) is 2.73. The van der Waals surface area contributed by atoms with E-state index in [1.807, 2.05) is 24.3 Å². The summed E-state index contributed by atoms with van der Waals surface area (Å²) in [4.78, 5) is 20.3. The summed E-state index contributed by atoms with van der Waals surface area (Å²) >= 11 is 0. The van der Waals surface area contributed by atoms with Crippen molar-refractivity contribution in [3.8, 4) is 11.4 Å². The van der Waals surface area contributed by atoms with Gasteiger partial charge in [0, 0.05) is 11.3 Å². The number of imidazole rings is 1. The Kier molecular flexibility index (Phi) is 5.95. The Morgan fingerprint density at radius 1 is 0.833 bits per heavy atom. The zero-order valence-electron chi connectivity index (χ0n) is 18.5. The van der Waals surface area contributed by atoms with Crippen LogP contribution in [0.25, 0.3) is 22.4 Å². The van der Waals surface area contributed by atoms with Gasteiger partial charge in [-0.15, -0.1) is 0 Å². The van der Waals surface area contributed by atoms with Crippen molar-refractivity contribution in [3.63, 3.8) is 0 Å². The van der Waals surface area contributed by atoms with Crippen LogP contribution in [0.15, 0.2) is 95.9 Å². The zero-order chi connectivity index (χ0) is 25.3. The third-order valence-electron chi connectivity index (χ3n) is 5.42. The molecule has 5 aromatic rings. The second kappa shape index (κ2) is 9.23. The van der Waals surface area contributed by atoms with Gasteiger partial charge in [-0.2, -0.15) is 0 Å². The van der Waals surface area contributed by atoms with E-state index in [9.17, 15) is 22.0 Å². The molecule has 4 aromatic carbocycles. The van der Waals surface area contributed by atoms with Gasteiger partial charge in [-0.3, -0.25) is 9.52 Å². The van der Waals surface area contributed by atoms with Crippen LogP contribution >= 0.6 is 0 Å². The third-order valence-corrected chi connectivity index (χ3v) is 6.79. The number of hydrogen-bond donors (Lipinski definition) is 3. The van der Waals surface area contributed by atoms with E-state index in [4.69, 9.17) is 0 Å². The summed E-state index contributed by atoms with van der Waals surface area (Å²) in [6.07, 6.45) is 0. The first-order valence-corrected chi connectivity index (χ1v) is 12.2. The van der Waals surface area contributed by atoms with E-state index < -0.39 is 32.5 Å². The molecule has 5 rings (SSSR count). The summed E-state index contributed by atoms with van der Waals surface area (Å²) in [6, 6.07) is 22.9. The van der Waals surface area contributed by atoms with E-state index >= 15 is 0 Å². The van der Waals surface area contributed by atoms with E-state index in [0.717, 1.165) is 28.7 Å². The molecule has 36 heavy (non-hydrogen) atoms. The van der Waals surface area contributed by atoms with Crippen LogP contribution in [-0.2, 0) is 10.0 Å². The largest absolute Gasteiger partial charge is 0.338 e. The number of rotatable bonds is 6. The van der Waals surface area contributed by atoms with Gasteiger partial charge in [0.25, 0.3) is 15.9 Å². The Bertz CT molecular complexity index is 1670. The van der Waals surface area contributed by atoms with E-state index in [0.29, 0.717) is 17.6 Å². The molecule has 3 N–H and O–H groups in total. The van der Waals surface area contributed by atoms with Crippen LogP contribution in [0.2, 0.25) is 0 Å². The fraction of sp³-hybridized carbons (Fsp3) is 0. The first kappa shape index (κ1) is 23.2. The molecule has 1 aromatic heterocycles. The predicted octanol–water partition coefficient (Wildman–Crippen LogP) is 5.56. The molecule has 0 spiro atoms. The van der Waals surface area contributed by atoms with Crippen LogP contribution in [-0.4, -0.2) is 24.3 Å². The summed E-state index contributed by atoms with van der Waals surface area (Å²) in [6.45, 7) is 0. The minimum absolute atomic E-state index is 0.0152. The Balaban J connectivity index is 1.35. The average Bonchev–Trinajstić information content (AvgIpc) is 3.30. The maximum absolute atomic E-state index is 13.6. The molecule has 0 saturated heterocycles. The van der Waals surface area contributed by atoms with Crippen LogP contribution in [0.5, 0.6) is 0 Å². The molecule has 0 unspecified atom stereocenters. The number of para-hydroxylation sites is 3. The van der Waals surface area contributed by atoms with Crippen LogP contribution in [0.3, 0.4) is 0 Å². The highest BCUT2D eigenvalue weighted by molar-refractivity contribution is 7.92. The first-order valence-electron chi connectivity index (χ1n) is 10.7. The molecule has 1 amide bonds. The van der Waals surface area contributed by atoms with E-state index in [2.05, 4.69) is 20.0 Å². The van der Waals surface area contributed by atoms with Crippen LogP contribution in [0.4, 0.5) is 20.2 Å². The van der Waals surface area contributed by atoms with Gasteiger partial charge >= 0.3 is 0 Å². The number of benzene rings is 4. The van der Waals surface area contributed by atoms with E-state index in [-0.39, 0.29) is 11.3 Å². The lowest BCUT2D eigenvalue weighted by molar-refractivity contribution is 0.102. The molecular weight excluding hydrogens is 486 g/mol. The fourth-order valence-corrected chi connectivity index (χ4v) is 4.71. The van der Waals surface area contributed by atoms with Crippen molar-refractivity contribution in [2.75, 3.05) is 10.0 Å². The molecule has 0 radical (unpaired) electrons. The number of nitrogens with one attached hydrogen (secondary N) is 3. The third kappa shape index (κ3) is 4.66. The van der Waals surface area contributed by atoms with Gasteiger partial charge in [0.05, 0.1) is 27.2 Å². The lowest BCUT2D eigenvalue weighted by Crippen LogP contribution is -2.18.